The molecule has 4 nitrogen and oxygen atoms in total. The van der Waals surface area contributed by atoms with Gasteiger partial charge in [0.1, 0.15) is 5.69 Å². The Morgan fingerprint density at radius 1 is 1.43 bits per heavy atom. The first kappa shape index (κ1) is 13.9. The van der Waals surface area contributed by atoms with E-state index in [2.05, 4.69) is 10.3 Å². The number of hydrogen-bond donors (Lipinski definition) is 3. The standard InChI is InChI=1S/C17H20N2O2/c20-8-7-12-5-6-13(9-12)11-18-17(21)16-10-14-3-1-2-4-15(14)19-16/h1-4,7,10,13,19-20H,5-6,8-9,11H2,(H,18,21). The summed E-state index contributed by atoms with van der Waals surface area (Å²) in [5.74, 6) is 0.432. The van der Waals surface area contributed by atoms with E-state index >= 15 is 0 Å². The molecule has 0 radical (unpaired) electrons. The largest absolute Gasteiger partial charge is 0.392 e. The summed E-state index contributed by atoms with van der Waals surface area (Å²) in [4.78, 5) is 15.3. The number of fused-ring (bicyclic) bond motifs is 1. The second-order valence-electron chi connectivity index (χ2n) is 5.63. The average molecular weight is 284 g/mol. The quantitative estimate of drug-likeness (QED) is 0.756. The third kappa shape index (κ3) is 3.16. The first-order chi connectivity index (χ1) is 10.3. The number of hydrogen-bond acceptors (Lipinski definition) is 2. The Bertz CT molecular complexity index is 639. The van der Waals surface area contributed by atoms with Gasteiger partial charge in [-0.15, -0.1) is 0 Å². The molecule has 1 aromatic carbocycles. The Kier molecular flexibility index (Phi) is 4.06. The van der Waals surface area contributed by atoms with Crippen molar-refractivity contribution in [2.45, 2.75) is 19.3 Å². The van der Waals surface area contributed by atoms with E-state index in [0.717, 1.165) is 30.2 Å². The number of aromatic nitrogens is 1. The number of H-pyrrole nitrogens is 1. The van der Waals surface area contributed by atoms with Crippen molar-refractivity contribution in [3.8, 4) is 0 Å². The Hall–Kier alpha value is -2.07. The van der Waals surface area contributed by atoms with Gasteiger partial charge >= 0.3 is 0 Å². The molecule has 1 unspecified atom stereocenters. The van der Waals surface area contributed by atoms with Crippen LogP contribution in [0.1, 0.15) is 29.8 Å². The maximum absolute atomic E-state index is 12.2. The van der Waals surface area contributed by atoms with Crippen LogP contribution in [-0.2, 0) is 0 Å². The lowest BCUT2D eigenvalue weighted by Gasteiger charge is -2.09. The molecule has 0 bridgehead atoms. The van der Waals surface area contributed by atoms with Crippen LogP contribution in [0, 0.1) is 5.92 Å². The lowest BCUT2D eigenvalue weighted by Crippen LogP contribution is -2.28. The fourth-order valence-electron chi connectivity index (χ4n) is 2.98. The number of carbonyl (C=O) groups is 1. The van der Waals surface area contributed by atoms with Gasteiger partial charge in [0, 0.05) is 17.4 Å². The number of nitrogens with one attached hydrogen (secondary N) is 2. The third-order valence-electron chi connectivity index (χ3n) is 4.13. The van der Waals surface area contributed by atoms with E-state index in [0.29, 0.717) is 18.2 Å². The number of para-hydroxylation sites is 1. The molecule has 110 valence electrons. The molecule has 1 fully saturated rings. The van der Waals surface area contributed by atoms with E-state index in [1.807, 2.05) is 36.4 Å². The summed E-state index contributed by atoms with van der Waals surface area (Å²) in [5.41, 5.74) is 2.90. The molecule has 3 N–H and O–H groups in total. The zero-order chi connectivity index (χ0) is 14.7. The first-order valence-electron chi connectivity index (χ1n) is 7.41. The van der Waals surface area contributed by atoms with E-state index in [1.54, 1.807) is 0 Å². The molecular weight excluding hydrogens is 264 g/mol. The van der Waals surface area contributed by atoms with Gasteiger partial charge in [0.2, 0.25) is 0 Å². The SMILES string of the molecule is O=C(NCC1CCC(=CCO)C1)c1cc2ccccc2[nH]1. The molecule has 1 aliphatic carbocycles. The summed E-state index contributed by atoms with van der Waals surface area (Å²) >= 11 is 0. The minimum absolute atomic E-state index is 0.0502. The number of aliphatic hydroxyl groups excluding tert-OH is 1. The van der Waals surface area contributed by atoms with E-state index in [-0.39, 0.29) is 12.5 Å². The van der Waals surface area contributed by atoms with Crippen molar-refractivity contribution in [2.75, 3.05) is 13.2 Å². The molecule has 0 saturated heterocycles. The predicted molar refractivity (Wildman–Crippen MR) is 83.1 cm³/mol. The highest BCUT2D eigenvalue weighted by Gasteiger charge is 2.20. The predicted octanol–water partition coefficient (Wildman–Crippen LogP) is 2.62. The first-order valence-corrected chi connectivity index (χ1v) is 7.41. The lowest BCUT2D eigenvalue weighted by molar-refractivity contribution is 0.0943. The summed E-state index contributed by atoms with van der Waals surface area (Å²) in [6, 6.07) is 9.76. The van der Waals surface area contributed by atoms with Crippen molar-refractivity contribution in [1.82, 2.24) is 10.3 Å². The monoisotopic (exact) mass is 284 g/mol. The number of aromatic amines is 1. The fourth-order valence-corrected chi connectivity index (χ4v) is 2.98. The summed E-state index contributed by atoms with van der Waals surface area (Å²) in [6.07, 6.45) is 4.99. The second kappa shape index (κ2) is 6.14. The summed E-state index contributed by atoms with van der Waals surface area (Å²) in [7, 11) is 0. The summed E-state index contributed by atoms with van der Waals surface area (Å²) in [6.45, 7) is 0.806. The van der Waals surface area contributed by atoms with Crippen LogP contribution in [0.3, 0.4) is 0 Å². The molecule has 1 atom stereocenters. The zero-order valence-corrected chi connectivity index (χ0v) is 11.9. The minimum atomic E-state index is -0.0502. The second-order valence-corrected chi connectivity index (χ2v) is 5.63. The molecule has 1 amide bonds. The molecule has 2 aromatic rings. The van der Waals surface area contributed by atoms with Crippen molar-refractivity contribution in [2.24, 2.45) is 5.92 Å². The lowest BCUT2D eigenvalue weighted by atomic mass is 10.1. The van der Waals surface area contributed by atoms with Gasteiger partial charge in [0.15, 0.2) is 0 Å². The molecular formula is C17H20N2O2. The van der Waals surface area contributed by atoms with Gasteiger partial charge in [-0.1, -0.05) is 29.8 Å². The topological polar surface area (TPSA) is 65.1 Å². The molecule has 1 heterocycles. The van der Waals surface area contributed by atoms with Crippen LogP contribution in [0.25, 0.3) is 10.9 Å². The molecule has 4 heteroatoms. The van der Waals surface area contributed by atoms with Crippen molar-refractivity contribution in [3.05, 3.63) is 47.7 Å². The zero-order valence-electron chi connectivity index (χ0n) is 11.9. The van der Waals surface area contributed by atoms with Crippen LogP contribution >= 0.6 is 0 Å². The van der Waals surface area contributed by atoms with Crippen LogP contribution in [0.15, 0.2) is 42.0 Å². The molecule has 3 rings (SSSR count). The highest BCUT2D eigenvalue weighted by molar-refractivity contribution is 5.97. The van der Waals surface area contributed by atoms with E-state index < -0.39 is 0 Å². The van der Waals surface area contributed by atoms with Gasteiger partial charge in [0.05, 0.1) is 6.61 Å². The molecule has 1 saturated carbocycles. The fraction of sp³-hybridized carbons (Fsp3) is 0.353. The summed E-state index contributed by atoms with van der Waals surface area (Å²) in [5, 5.41) is 13.0. The Balaban J connectivity index is 1.58. The van der Waals surface area contributed by atoms with Gasteiger partial charge in [-0.05, 0) is 37.3 Å². The third-order valence-corrected chi connectivity index (χ3v) is 4.13. The van der Waals surface area contributed by atoms with Crippen molar-refractivity contribution < 1.29 is 9.90 Å². The van der Waals surface area contributed by atoms with Crippen molar-refractivity contribution in [3.63, 3.8) is 0 Å². The highest BCUT2D eigenvalue weighted by atomic mass is 16.2. The average Bonchev–Trinajstić information content (AvgIpc) is 3.11. The van der Waals surface area contributed by atoms with Crippen LogP contribution in [0.4, 0.5) is 0 Å². The van der Waals surface area contributed by atoms with Gasteiger partial charge in [0.25, 0.3) is 5.91 Å². The Morgan fingerprint density at radius 2 is 2.29 bits per heavy atom. The van der Waals surface area contributed by atoms with Gasteiger partial charge in [-0.3, -0.25) is 4.79 Å². The number of allylic oxidation sites excluding steroid dienone is 1. The van der Waals surface area contributed by atoms with Gasteiger partial charge < -0.3 is 15.4 Å². The maximum atomic E-state index is 12.2. The van der Waals surface area contributed by atoms with Crippen LogP contribution in [-0.4, -0.2) is 29.1 Å². The Labute approximate surface area is 123 Å². The van der Waals surface area contributed by atoms with E-state index in [1.165, 1.54) is 5.57 Å². The highest BCUT2D eigenvalue weighted by Crippen LogP contribution is 2.29. The molecule has 1 aliphatic rings. The smallest absolute Gasteiger partial charge is 0.267 e. The molecule has 0 spiro atoms. The Morgan fingerprint density at radius 3 is 3.10 bits per heavy atom. The van der Waals surface area contributed by atoms with Crippen molar-refractivity contribution in [1.29, 1.82) is 0 Å². The minimum Gasteiger partial charge on any atom is -0.392 e. The number of carbonyl (C=O) groups excluding carboxylic acids is 1. The number of benzene rings is 1. The number of rotatable bonds is 4. The van der Waals surface area contributed by atoms with Gasteiger partial charge in [-0.2, -0.15) is 0 Å². The molecule has 0 aliphatic heterocycles. The number of aliphatic hydroxyl groups is 1. The van der Waals surface area contributed by atoms with E-state index in [9.17, 15) is 4.79 Å². The molecule has 1 aromatic heterocycles. The van der Waals surface area contributed by atoms with Crippen molar-refractivity contribution >= 4 is 16.8 Å². The van der Waals surface area contributed by atoms with Crippen LogP contribution in [0.2, 0.25) is 0 Å². The number of amides is 1. The molecule has 21 heavy (non-hydrogen) atoms. The summed E-state index contributed by atoms with van der Waals surface area (Å²) < 4.78 is 0. The van der Waals surface area contributed by atoms with Crippen LogP contribution < -0.4 is 5.32 Å². The van der Waals surface area contributed by atoms with Gasteiger partial charge in [-0.25, -0.2) is 0 Å². The van der Waals surface area contributed by atoms with Crippen LogP contribution in [0.5, 0.6) is 0 Å². The normalized spacial score (nSPS) is 20.2. The maximum Gasteiger partial charge on any atom is 0.267 e. The van der Waals surface area contributed by atoms with E-state index in [4.69, 9.17) is 5.11 Å².